The Bertz CT molecular complexity index is 648. The summed E-state index contributed by atoms with van der Waals surface area (Å²) >= 11 is 5.86. The highest BCUT2D eigenvalue weighted by molar-refractivity contribution is 6.30. The number of nitrogens with zero attached hydrogens (tertiary/aromatic N) is 2. The maximum absolute atomic E-state index is 11.8. The first kappa shape index (κ1) is 13.3. The summed E-state index contributed by atoms with van der Waals surface area (Å²) in [6, 6.07) is 10.5. The van der Waals surface area contributed by atoms with Crippen molar-refractivity contribution < 1.29 is 9.47 Å². The molecule has 1 aliphatic rings. The molecule has 0 saturated carbocycles. The van der Waals surface area contributed by atoms with Gasteiger partial charge in [0.1, 0.15) is 0 Å². The van der Waals surface area contributed by atoms with Crippen LogP contribution in [0, 0.1) is 0 Å². The second-order valence-electron chi connectivity index (χ2n) is 4.42. The molecule has 2 heterocycles. The molecule has 0 N–H and O–H groups in total. The zero-order valence-corrected chi connectivity index (χ0v) is 11.4. The standard InChI is InChI=1S/C14H13ClN2O3/c15-11-3-1-10(2-4-11)12-5-6-13(18)17(16-12)9-14-19-7-8-20-14/h1-6,14H,7-9H2. The molecule has 5 nitrogen and oxygen atoms in total. The molecule has 0 radical (unpaired) electrons. The summed E-state index contributed by atoms with van der Waals surface area (Å²) in [4.78, 5) is 11.8. The molecule has 1 aromatic heterocycles. The minimum Gasteiger partial charge on any atom is -0.348 e. The van der Waals surface area contributed by atoms with Crippen LogP contribution in [0.4, 0.5) is 0 Å². The Kier molecular flexibility index (Phi) is 3.82. The largest absolute Gasteiger partial charge is 0.348 e. The predicted octanol–water partition coefficient (Wildman–Crippen LogP) is 1.94. The normalized spacial score (nSPS) is 15.7. The Morgan fingerprint density at radius 3 is 2.55 bits per heavy atom. The highest BCUT2D eigenvalue weighted by Crippen LogP contribution is 2.18. The van der Waals surface area contributed by atoms with Crippen molar-refractivity contribution in [3.8, 4) is 11.3 Å². The van der Waals surface area contributed by atoms with Crippen LogP contribution in [-0.4, -0.2) is 29.3 Å². The fraction of sp³-hybridized carbons (Fsp3) is 0.286. The second-order valence-corrected chi connectivity index (χ2v) is 4.85. The third-order valence-corrected chi connectivity index (χ3v) is 3.27. The molecule has 0 unspecified atom stereocenters. The summed E-state index contributed by atoms with van der Waals surface area (Å²) < 4.78 is 12.0. The number of halogens is 1. The molecule has 20 heavy (non-hydrogen) atoms. The van der Waals surface area contributed by atoms with E-state index in [0.29, 0.717) is 30.5 Å². The van der Waals surface area contributed by atoms with E-state index in [1.165, 1.54) is 10.7 Å². The molecule has 0 spiro atoms. The smallest absolute Gasteiger partial charge is 0.266 e. The van der Waals surface area contributed by atoms with Crippen molar-refractivity contribution in [3.63, 3.8) is 0 Å². The molecule has 1 saturated heterocycles. The first-order valence-corrected chi connectivity index (χ1v) is 6.67. The monoisotopic (exact) mass is 292 g/mol. The SMILES string of the molecule is O=c1ccc(-c2ccc(Cl)cc2)nn1CC1OCCO1. The molecule has 1 fully saturated rings. The van der Waals surface area contributed by atoms with Crippen LogP contribution >= 0.6 is 11.6 Å². The average Bonchev–Trinajstić information content (AvgIpc) is 2.95. The van der Waals surface area contributed by atoms with Crippen molar-refractivity contribution >= 4 is 11.6 Å². The van der Waals surface area contributed by atoms with Gasteiger partial charge in [-0.3, -0.25) is 4.79 Å². The molecule has 6 heteroatoms. The number of aromatic nitrogens is 2. The molecule has 104 valence electrons. The molecule has 0 amide bonds. The number of hydrogen-bond donors (Lipinski definition) is 0. The highest BCUT2D eigenvalue weighted by Gasteiger charge is 2.17. The third kappa shape index (κ3) is 2.90. The van der Waals surface area contributed by atoms with E-state index < -0.39 is 6.29 Å². The maximum atomic E-state index is 11.8. The molecular formula is C14H13ClN2O3. The first-order chi connectivity index (χ1) is 9.72. The Morgan fingerprint density at radius 2 is 1.85 bits per heavy atom. The number of ether oxygens (including phenoxy) is 2. The number of hydrogen-bond acceptors (Lipinski definition) is 4. The average molecular weight is 293 g/mol. The molecular weight excluding hydrogens is 280 g/mol. The molecule has 1 aromatic carbocycles. The second kappa shape index (κ2) is 5.75. The minimum atomic E-state index is -0.402. The van der Waals surface area contributed by atoms with Gasteiger partial charge < -0.3 is 9.47 Å². The lowest BCUT2D eigenvalue weighted by atomic mass is 10.1. The van der Waals surface area contributed by atoms with Crippen molar-refractivity contribution in [1.82, 2.24) is 9.78 Å². The first-order valence-electron chi connectivity index (χ1n) is 6.30. The molecule has 0 atom stereocenters. The lowest BCUT2D eigenvalue weighted by Crippen LogP contribution is -2.29. The van der Waals surface area contributed by atoms with Crippen LogP contribution in [0.5, 0.6) is 0 Å². The summed E-state index contributed by atoms with van der Waals surface area (Å²) in [6.07, 6.45) is -0.402. The van der Waals surface area contributed by atoms with Gasteiger partial charge >= 0.3 is 0 Å². The lowest BCUT2D eigenvalue weighted by molar-refractivity contribution is -0.0553. The van der Waals surface area contributed by atoms with Gasteiger partial charge in [-0.25, -0.2) is 4.68 Å². The molecule has 0 bridgehead atoms. The van der Waals surface area contributed by atoms with E-state index in [9.17, 15) is 4.79 Å². The van der Waals surface area contributed by atoms with Crippen molar-refractivity contribution in [2.45, 2.75) is 12.8 Å². The van der Waals surface area contributed by atoms with Crippen LogP contribution in [0.2, 0.25) is 5.02 Å². The summed E-state index contributed by atoms with van der Waals surface area (Å²) in [6.45, 7) is 1.40. The van der Waals surface area contributed by atoms with Gasteiger partial charge in [0.25, 0.3) is 5.56 Å². The van der Waals surface area contributed by atoms with Gasteiger partial charge in [0, 0.05) is 16.7 Å². The van der Waals surface area contributed by atoms with E-state index in [1.54, 1.807) is 18.2 Å². The Hall–Kier alpha value is -1.69. The van der Waals surface area contributed by atoms with Gasteiger partial charge in [-0.1, -0.05) is 23.7 Å². The third-order valence-electron chi connectivity index (χ3n) is 3.02. The van der Waals surface area contributed by atoms with E-state index >= 15 is 0 Å². The molecule has 2 aromatic rings. The van der Waals surface area contributed by atoms with Crippen LogP contribution in [0.25, 0.3) is 11.3 Å². The van der Waals surface area contributed by atoms with Gasteiger partial charge in [-0.05, 0) is 18.2 Å². The van der Waals surface area contributed by atoms with Gasteiger partial charge in [-0.15, -0.1) is 0 Å². The van der Waals surface area contributed by atoms with E-state index in [0.717, 1.165) is 5.56 Å². The van der Waals surface area contributed by atoms with E-state index in [2.05, 4.69) is 5.10 Å². The summed E-state index contributed by atoms with van der Waals surface area (Å²) in [7, 11) is 0. The van der Waals surface area contributed by atoms with Crippen LogP contribution in [-0.2, 0) is 16.0 Å². The van der Waals surface area contributed by atoms with Crippen LogP contribution in [0.1, 0.15) is 0 Å². The Labute approximate surface area is 120 Å². The number of benzene rings is 1. The highest BCUT2D eigenvalue weighted by atomic mass is 35.5. The van der Waals surface area contributed by atoms with Gasteiger partial charge in [0.05, 0.1) is 25.5 Å². The summed E-state index contributed by atoms with van der Waals surface area (Å²) in [5.41, 5.74) is 1.43. The zero-order valence-electron chi connectivity index (χ0n) is 10.7. The van der Waals surface area contributed by atoms with Crippen LogP contribution < -0.4 is 5.56 Å². The zero-order chi connectivity index (χ0) is 13.9. The minimum absolute atomic E-state index is 0.179. The number of rotatable bonds is 3. The van der Waals surface area contributed by atoms with Crippen molar-refractivity contribution in [2.24, 2.45) is 0 Å². The van der Waals surface area contributed by atoms with E-state index in [1.807, 2.05) is 12.1 Å². The Morgan fingerprint density at radius 1 is 1.15 bits per heavy atom. The Balaban J connectivity index is 1.89. The fourth-order valence-electron chi connectivity index (χ4n) is 2.01. The molecule has 1 aliphatic heterocycles. The maximum Gasteiger partial charge on any atom is 0.266 e. The van der Waals surface area contributed by atoms with Crippen molar-refractivity contribution in [1.29, 1.82) is 0 Å². The van der Waals surface area contributed by atoms with E-state index in [4.69, 9.17) is 21.1 Å². The quantitative estimate of drug-likeness (QED) is 0.867. The van der Waals surface area contributed by atoms with Gasteiger partial charge in [0.2, 0.25) is 0 Å². The fourth-order valence-corrected chi connectivity index (χ4v) is 2.13. The van der Waals surface area contributed by atoms with Crippen LogP contribution in [0.15, 0.2) is 41.2 Å². The summed E-state index contributed by atoms with van der Waals surface area (Å²) in [5.74, 6) is 0. The van der Waals surface area contributed by atoms with Gasteiger partial charge in [0.15, 0.2) is 6.29 Å². The van der Waals surface area contributed by atoms with Gasteiger partial charge in [-0.2, -0.15) is 5.10 Å². The molecule has 0 aliphatic carbocycles. The van der Waals surface area contributed by atoms with Crippen molar-refractivity contribution in [2.75, 3.05) is 13.2 Å². The van der Waals surface area contributed by atoms with Crippen LogP contribution in [0.3, 0.4) is 0 Å². The topological polar surface area (TPSA) is 53.4 Å². The lowest BCUT2D eigenvalue weighted by Gasteiger charge is -2.11. The van der Waals surface area contributed by atoms with E-state index in [-0.39, 0.29) is 5.56 Å². The van der Waals surface area contributed by atoms with Crippen molar-refractivity contribution in [3.05, 3.63) is 51.8 Å². The molecule has 3 rings (SSSR count). The summed E-state index contributed by atoms with van der Waals surface area (Å²) in [5, 5.41) is 5.00. The predicted molar refractivity (Wildman–Crippen MR) is 74.6 cm³/mol.